The highest BCUT2D eigenvalue weighted by atomic mass is 16.6. The first-order valence-electron chi connectivity index (χ1n) is 7.68. The third-order valence-corrected chi connectivity index (χ3v) is 3.48. The van der Waals surface area contributed by atoms with Gasteiger partial charge in [0.25, 0.3) is 0 Å². The largest absolute Gasteiger partial charge is 0.477 e. The average Bonchev–Trinajstić information content (AvgIpc) is 2.71. The molecule has 1 fully saturated rings. The zero-order chi connectivity index (χ0) is 17.0. The lowest BCUT2D eigenvalue weighted by Crippen LogP contribution is -2.39. The van der Waals surface area contributed by atoms with E-state index < -0.39 is 11.6 Å². The van der Waals surface area contributed by atoms with Crippen LogP contribution in [0, 0.1) is 0 Å². The van der Waals surface area contributed by atoms with E-state index in [1.165, 1.54) is 6.07 Å². The Hall–Kier alpha value is -2.31. The lowest BCUT2D eigenvalue weighted by Gasteiger charge is -2.26. The van der Waals surface area contributed by atoms with E-state index in [0.29, 0.717) is 19.6 Å². The molecule has 1 saturated heterocycles. The van der Waals surface area contributed by atoms with E-state index >= 15 is 0 Å². The van der Waals surface area contributed by atoms with Crippen LogP contribution in [0.1, 0.15) is 37.7 Å². The van der Waals surface area contributed by atoms with Crippen LogP contribution in [0.2, 0.25) is 0 Å². The fourth-order valence-corrected chi connectivity index (χ4v) is 2.38. The number of carbonyl (C=O) groups excluding carboxylic acids is 1. The summed E-state index contributed by atoms with van der Waals surface area (Å²) in [5.74, 6) is -1.04. The number of pyridine rings is 1. The van der Waals surface area contributed by atoms with Crippen molar-refractivity contribution in [2.24, 2.45) is 0 Å². The van der Waals surface area contributed by atoms with Crippen LogP contribution < -0.4 is 4.90 Å². The van der Waals surface area contributed by atoms with Gasteiger partial charge >= 0.3 is 12.1 Å². The fraction of sp³-hybridized carbons (Fsp3) is 0.562. The molecule has 2 rings (SSSR count). The second-order valence-corrected chi connectivity index (χ2v) is 6.51. The summed E-state index contributed by atoms with van der Waals surface area (Å²) in [4.78, 5) is 30.7. The van der Waals surface area contributed by atoms with Crippen molar-refractivity contribution in [1.82, 2.24) is 9.88 Å². The van der Waals surface area contributed by atoms with Crippen LogP contribution in [0.5, 0.6) is 0 Å². The fourth-order valence-electron chi connectivity index (χ4n) is 2.38. The normalized spacial score (nSPS) is 16.0. The maximum atomic E-state index is 12.1. The summed E-state index contributed by atoms with van der Waals surface area (Å²) in [7, 11) is 0. The number of carbonyl (C=O) groups is 2. The number of carboxylic acid groups (broad SMARTS) is 1. The van der Waals surface area contributed by atoms with Crippen molar-refractivity contribution in [2.45, 2.75) is 32.8 Å². The molecule has 0 aromatic carbocycles. The number of aromatic carboxylic acids is 1. The first-order chi connectivity index (χ1) is 10.8. The van der Waals surface area contributed by atoms with Crippen LogP contribution in [-0.4, -0.2) is 58.8 Å². The highest BCUT2D eigenvalue weighted by Crippen LogP contribution is 2.17. The monoisotopic (exact) mass is 321 g/mol. The second-order valence-electron chi connectivity index (χ2n) is 6.51. The van der Waals surface area contributed by atoms with Crippen molar-refractivity contribution in [3.05, 3.63) is 24.0 Å². The zero-order valence-electron chi connectivity index (χ0n) is 13.8. The van der Waals surface area contributed by atoms with E-state index in [0.717, 1.165) is 18.7 Å². The Balaban J connectivity index is 1.98. The van der Waals surface area contributed by atoms with Crippen LogP contribution in [0.15, 0.2) is 18.3 Å². The Bertz CT molecular complexity index is 566. The highest BCUT2D eigenvalue weighted by Gasteiger charge is 2.24. The van der Waals surface area contributed by atoms with Gasteiger partial charge in [-0.15, -0.1) is 0 Å². The predicted molar refractivity (Wildman–Crippen MR) is 85.8 cm³/mol. The summed E-state index contributed by atoms with van der Waals surface area (Å²) < 4.78 is 5.41. The van der Waals surface area contributed by atoms with Gasteiger partial charge in [-0.05, 0) is 39.3 Å². The Kier molecular flexibility index (Phi) is 5.08. The number of carboxylic acids is 1. The Morgan fingerprint density at radius 3 is 2.48 bits per heavy atom. The van der Waals surface area contributed by atoms with Gasteiger partial charge in [0.2, 0.25) is 0 Å². The lowest BCUT2D eigenvalue weighted by molar-refractivity contribution is 0.0263. The SMILES string of the molecule is CC(C)(C)OC(=O)N1CCCN(c2ccc(C(=O)O)nc2)CC1. The Morgan fingerprint density at radius 2 is 1.91 bits per heavy atom. The molecule has 1 aliphatic heterocycles. The standard InChI is InChI=1S/C16H23N3O4/c1-16(2,3)23-15(22)19-8-4-7-18(9-10-19)12-5-6-13(14(20)21)17-11-12/h5-6,11H,4,7-10H2,1-3H3,(H,20,21). The summed E-state index contributed by atoms with van der Waals surface area (Å²) in [6.45, 7) is 8.21. The molecule has 23 heavy (non-hydrogen) atoms. The third-order valence-electron chi connectivity index (χ3n) is 3.48. The smallest absolute Gasteiger partial charge is 0.410 e. The number of amides is 1. The van der Waals surface area contributed by atoms with Gasteiger partial charge < -0.3 is 19.6 Å². The molecular weight excluding hydrogens is 298 g/mol. The minimum Gasteiger partial charge on any atom is -0.477 e. The Morgan fingerprint density at radius 1 is 1.17 bits per heavy atom. The molecule has 0 bridgehead atoms. The molecule has 0 radical (unpaired) electrons. The number of anilines is 1. The number of aromatic nitrogens is 1. The second kappa shape index (κ2) is 6.85. The van der Waals surface area contributed by atoms with Crippen molar-refractivity contribution in [3.8, 4) is 0 Å². The number of hydrogen-bond acceptors (Lipinski definition) is 5. The van der Waals surface area contributed by atoms with Crippen molar-refractivity contribution >= 4 is 17.7 Å². The molecular formula is C16H23N3O4. The van der Waals surface area contributed by atoms with Gasteiger partial charge in [-0.3, -0.25) is 0 Å². The molecule has 1 aromatic rings. The third kappa shape index (κ3) is 4.84. The van der Waals surface area contributed by atoms with E-state index in [-0.39, 0.29) is 11.8 Å². The molecule has 1 aliphatic rings. The molecule has 1 N–H and O–H groups in total. The minimum absolute atomic E-state index is 0.0268. The van der Waals surface area contributed by atoms with Gasteiger partial charge in [0.05, 0.1) is 11.9 Å². The van der Waals surface area contributed by atoms with Crippen LogP contribution >= 0.6 is 0 Å². The quantitative estimate of drug-likeness (QED) is 0.899. The first-order valence-corrected chi connectivity index (χ1v) is 7.68. The lowest BCUT2D eigenvalue weighted by atomic mass is 10.2. The number of ether oxygens (including phenoxy) is 1. The molecule has 7 heteroatoms. The van der Waals surface area contributed by atoms with Crippen LogP contribution in [-0.2, 0) is 4.74 Å². The molecule has 1 aromatic heterocycles. The maximum Gasteiger partial charge on any atom is 0.410 e. The van der Waals surface area contributed by atoms with Gasteiger partial charge in [0, 0.05) is 26.2 Å². The predicted octanol–water partition coefficient (Wildman–Crippen LogP) is 2.23. The van der Waals surface area contributed by atoms with Gasteiger partial charge in [0.15, 0.2) is 0 Å². The van der Waals surface area contributed by atoms with Gasteiger partial charge in [-0.1, -0.05) is 0 Å². The maximum absolute atomic E-state index is 12.1. The van der Waals surface area contributed by atoms with Crippen molar-refractivity contribution in [2.75, 3.05) is 31.1 Å². The Labute approximate surface area is 135 Å². The van der Waals surface area contributed by atoms with Gasteiger partial charge in [-0.2, -0.15) is 0 Å². The molecule has 0 saturated carbocycles. The van der Waals surface area contributed by atoms with Crippen molar-refractivity contribution in [1.29, 1.82) is 0 Å². The summed E-state index contributed by atoms with van der Waals surface area (Å²) >= 11 is 0. The van der Waals surface area contributed by atoms with Crippen LogP contribution in [0.25, 0.3) is 0 Å². The number of hydrogen-bond donors (Lipinski definition) is 1. The molecule has 2 heterocycles. The van der Waals surface area contributed by atoms with Crippen molar-refractivity contribution in [3.63, 3.8) is 0 Å². The molecule has 1 amide bonds. The average molecular weight is 321 g/mol. The van der Waals surface area contributed by atoms with E-state index in [1.807, 2.05) is 20.8 Å². The molecule has 0 aliphatic carbocycles. The summed E-state index contributed by atoms with van der Waals surface area (Å²) in [5.41, 5.74) is 0.389. The zero-order valence-corrected chi connectivity index (χ0v) is 13.8. The van der Waals surface area contributed by atoms with E-state index in [1.54, 1.807) is 17.2 Å². The van der Waals surface area contributed by atoms with E-state index in [4.69, 9.17) is 9.84 Å². The summed E-state index contributed by atoms with van der Waals surface area (Å²) in [5, 5.41) is 8.89. The highest BCUT2D eigenvalue weighted by molar-refractivity contribution is 5.85. The molecule has 0 unspecified atom stereocenters. The van der Waals surface area contributed by atoms with Crippen molar-refractivity contribution < 1.29 is 19.4 Å². The number of nitrogens with zero attached hydrogens (tertiary/aromatic N) is 3. The first kappa shape index (κ1) is 17.1. The topological polar surface area (TPSA) is 83.0 Å². The molecule has 7 nitrogen and oxygen atoms in total. The summed E-state index contributed by atoms with van der Waals surface area (Å²) in [6.07, 6.45) is 2.09. The molecule has 0 spiro atoms. The van der Waals surface area contributed by atoms with E-state index in [9.17, 15) is 9.59 Å². The molecule has 0 atom stereocenters. The molecule has 126 valence electrons. The van der Waals surface area contributed by atoms with E-state index in [2.05, 4.69) is 9.88 Å². The summed E-state index contributed by atoms with van der Waals surface area (Å²) in [6, 6.07) is 3.24. The van der Waals surface area contributed by atoms with Crippen LogP contribution in [0.4, 0.5) is 10.5 Å². The van der Waals surface area contributed by atoms with Gasteiger partial charge in [-0.25, -0.2) is 14.6 Å². The van der Waals surface area contributed by atoms with Gasteiger partial charge in [0.1, 0.15) is 11.3 Å². The minimum atomic E-state index is -1.04. The van der Waals surface area contributed by atoms with Crippen LogP contribution in [0.3, 0.4) is 0 Å². The number of rotatable bonds is 2.